The SMILES string of the molecule is CCN1CCN(c2ccc(S(=O)(=O)N3C[C@@H](C)C[C@H](C)C3)cc2[N+](=O)[O-])CC1. The molecule has 0 radical (unpaired) electrons. The van der Waals surface area contributed by atoms with Gasteiger partial charge in [0.2, 0.25) is 10.0 Å². The Kier molecular flexibility index (Phi) is 6.26. The lowest BCUT2D eigenvalue weighted by Gasteiger charge is -2.35. The van der Waals surface area contributed by atoms with Crippen LogP contribution < -0.4 is 4.90 Å². The van der Waals surface area contributed by atoms with E-state index in [1.807, 2.05) is 18.7 Å². The molecule has 0 unspecified atom stereocenters. The molecule has 1 aromatic carbocycles. The molecule has 2 heterocycles. The topological polar surface area (TPSA) is 87.0 Å². The minimum Gasteiger partial charge on any atom is -0.363 e. The van der Waals surface area contributed by atoms with E-state index in [9.17, 15) is 18.5 Å². The predicted molar refractivity (Wildman–Crippen MR) is 109 cm³/mol. The number of nitro benzene ring substituents is 1. The molecule has 2 fully saturated rings. The zero-order chi connectivity index (χ0) is 20.5. The van der Waals surface area contributed by atoms with Crippen LogP contribution in [0.2, 0.25) is 0 Å². The van der Waals surface area contributed by atoms with Crippen LogP contribution in [0.25, 0.3) is 0 Å². The monoisotopic (exact) mass is 410 g/mol. The van der Waals surface area contributed by atoms with Gasteiger partial charge >= 0.3 is 0 Å². The lowest BCUT2D eigenvalue weighted by Crippen LogP contribution is -2.46. The summed E-state index contributed by atoms with van der Waals surface area (Å²) in [6, 6.07) is 4.36. The maximum absolute atomic E-state index is 13.1. The predicted octanol–water partition coefficient (Wildman–Crippen LogP) is 2.40. The summed E-state index contributed by atoms with van der Waals surface area (Å²) in [5.41, 5.74) is 0.365. The Morgan fingerprint density at radius 2 is 1.71 bits per heavy atom. The maximum atomic E-state index is 13.1. The third kappa shape index (κ3) is 4.31. The first-order valence-electron chi connectivity index (χ1n) is 9.98. The summed E-state index contributed by atoms with van der Waals surface area (Å²) in [5, 5.41) is 11.7. The number of piperidine rings is 1. The molecule has 0 aliphatic carbocycles. The van der Waals surface area contributed by atoms with Gasteiger partial charge in [-0.2, -0.15) is 4.31 Å². The van der Waals surface area contributed by atoms with Crippen molar-refractivity contribution in [2.45, 2.75) is 32.1 Å². The minimum atomic E-state index is -3.74. The average molecular weight is 411 g/mol. The summed E-state index contributed by atoms with van der Waals surface area (Å²) in [6.45, 7) is 11.1. The molecule has 156 valence electrons. The molecule has 0 spiro atoms. The van der Waals surface area contributed by atoms with Crippen molar-refractivity contribution >= 4 is 21.4 Å². The molecule has 0 N–H and O–H groups in total. The molecule has 2 saturated heterocycles. The van der Waals surface area contributed by atoms with Crippen molar-refractivity contribution in [2.75, 3.05) is 50.7 Å². The van der Waals surface area contributed by atoms with E-state index in [0.717, 1.165) is 26.1 Å². The summed E-state index contributed by atoms with van der Waals surface area (Å²) in [4.78, 5) is 15.5. The molecular weight excluding hydrogens is 380 g/mol. The maximum Gasteiger partial charge on any atom is 0.293 e. The standard InChI is InChI=1S/C19H30N4O4S/c1-4-20-7-9-21(10-8-20)18-6-5-17(12-19(18)23(24)25)28(26,27)22-13-15(2)11-16(3)14-22/h5-6,12,15-16H,4,7-11,13-14H2,1-3H3/t15-,16-/m0/s1. The Hall–Kier alpha value is -1.71. The quantitative estimate of drug-likeness (QED) is 0.547. The Morgan fingerprint density at radius 3 is 2.25 bits per heavy atom. The number of anilines is 1. The van der Waals surface area contributed by atoms with Gasteiger partial charge in [-0.25, -0.2) is 8.42 Å². The van der Waals surface area contributed by atoms with Crippen molar-refractivity contribution in [3.63, 3.8) is 0 Å². The van der Waals surface area contributed by atoms with Crippen molar-refractivity contribution in [3.05, 3.63) is 28.3 Å². The third-order valence-corrected chi connectivity index (χ3v) is 7.60. The van der Waals surface area contributed by atoms with Gasteiger partial charge in [-0.1, -0.05) is 20.8 Å². The lowest BCUT2D eigenvalue weighted by molar-refractivity contribution is -0.384. The molecule has 1 aromatic rings. The second kappa shape index (κ2) is 8.34. The van der Waals surface area contributed by atoms with Crippen molar-refractivity contribution in [1.82, 2.24) is 9.21 Å². The second-order valence-corrected chi connectivity index (χ2v) is 10.0. The van der Waals surface area contributed by atoms with Crippen LogP contribution in [0.1, 0.15) is 27.2 Å². The third-order valence-electron chi connectivity index (χ3n) is 5.78. The van der Waals surface area contributed by atoms with E-state index < -0.39 is 14.9 Å². The van der Waals surface area contributed by atoms with Gasteiger partial charge in [0, 0.05) is 45.3 Å². The number of benzene rings is 1. The molecule has 8 nitrogen and oxygen atoms in total. The summed E-state index contributed by atoms with van der Waals surface area (Å²) < 4.78 is 27.7. The van der Waals surface area contributed by atoms with E-state index in [1.54, 1.807) is 6.07 Å². The average Bonchev–Trinajstić information content (AvgIpc) is 2.66. The fraction of sp³-hybridized carbons (Fsp3) is 0.684. The first kappa shape index (κ1) is 21.0. The number of piperazine rings is 1. The minimum absolute atomic E-state index is 0.0106. The highest BCUT2D eigenvalue weighted by Crippen LogP contribution is 2.34. The first-order valence-corrected chi connectivity index (χ1v) is 11.4. The fourth-order valence-electron chi connectivity index (χ4n) is 4.33. The molecule has 2 aliphatic heterocycles. The Bertz CT molecular complexity index is 811. The van der Waals surface area contributed by atoms with E-state index in [4.69, 9.17) is 0 Å². The molecule has 2 aliphatic rings. The number of nitrogens with zero attached hydrogens (tertiary/aromatic N) is 4. The number of rotatable bonds is 5. The molecule has 3 rings (SSSR count). The summed E-state index contributed by atoms with van der Waals surface area (Å²) >= 11 is 0. The zero-order valence-corrected chi connectivity index (χ0v) is 17.7. The summed E-state index contributed by atoms with van der Waals surface area (Å²) in [7, 11) is -3.74. The van der Waals surface area contributed by atoms with E-state index in [0.29, 0.717) is 31.9 Å². The number of sulfonamides is 1. The molecule has 9 heteroatoms. The number of hydrogen-bond acceptors (Lipinski definition) is 6. The highest BCUT2D eigenvalue weighted by atomic mass is 32.2. The van der Waals surface area contributed by atoms with Gasteiger partial charge in [0.1, 0.15) is 5.69 Å². The normalized spacial score (nSPS) is 25.0. The Balaban J connectivity index is 1.89. The number of nitro groups is 1. The molecule has 0 amide bonds. The van der Waals surface area contributed by atoms with E-state index in [2.05, 4.69) is 11.8 Å². The van der Waals surface area contributed by atoms with Crippen LogP contribution in [0.3, 0.4) is 0 Å². The van der Waals surface area contributed by atoms with Crippen LogP contribution in [-0.4, -0.2) is 68.4 Å². The van der Waals surface area contributed by atoms with Crippen LogP contribution in [-0.2, 0) is 10.0 Å². The molecule has 0 saturated carbocycles. The molecule has 28 heavy (non-hydrogen) atoms. The van der Waals surface area contributed by atoms with Crippen molar-refractivity contribution in [2.24, 2.45) is 11.8 Å². The Labute approximate surface area is 167 Å². The van der Waals surface area contributed by atoms with E-state index in [-0.39, 0.29) is 22.4 Å². The highest BCUT2D eigenvalue weighted by Gasteiger charge is 2.33. The van der Waals surface area contributed by atoms with Crippen LogP contribution in [0.4, 0.5) is 11.4 Å². The van der Waals surface area contributed by atoms with Gasteiger partial charge in [-0.15, -0.1) is 0 Å². The van der Waals surface area contributed by atoms with Gasteiger partial charge in [-0.05, 0) is 36.9 Å². The number of hydrogen-bond donors (Lipinski definition) is 0. The number of likely N-dealkylation sites (N-methyl/N-ethyl adjacent to an activating group) is 1. The van der Waals surface area contributed by atoms with Gasteiger partial charge in [-0.3, -0.25) is 10.1 Å². The van der Waals surface area contributed by atoms with E-state index in [1.165, 1.54) is 16.4 Å². The van der Waals surface area contributed by atoms with Crippen LogP contribution >= 0.6 is 0 Å². The van der Waals surface area contributed by atoms with Crippen molar-refractivity contribution in [1.29, 1.82) is 0 Å². The molecule has 0 aromatic heterocycles. The zero-order valence-electron chi connectivity index (χ0n) is 16.9. The molecular formula is C19H30N4O4S. The van der Waals surface area contributed by atoms with E-state index >= 15 is 0 Å². The lowest BCUT2D eigenvalue weighted by atomic mass is 9.94. The van der Waals surface area contributed by atoms with Crippen molar-refractivity contribution in [3.8, 4) is 0 Å². The van der Waals surface area contributed by atoms with Crippen LogP contribution in [0.15, 0.2) is 23.1 Å². The highest BCUT2D eigenvalue weighted by molar-refractivity contribution is 7.89. The molecule has 0 bridgehead atoms. The van der Waals surface area contributed by atoms with Gasteiger partial charge in [0.05, 0.1) is 9.82 Å². The van der Waals surface area contributed by atoms with Gasteiger partial charge < -0.3 is 9.80 Å². The summed E-state index contributed by atoms with van der Waals surface area (Å²) in [5.74, 6) is 0.560. The second-order valence-electron chi connectivity index (χ2n) is 8.10. The Morgan fingerprint density at radius 1 is 1.11 bits per heavy atom. The van der Waals surface area contributed by atoms with Crippen molar-refractivity contribution < 1.29 is 13.3 Å². The summed E-state index contributed by atoms with van der Waals surface area (Å²) in [6.07, 6.45) is 0.995. The first-order chi connectivity index (χ1) is 13.2. The van der Waals surface area contributed by atoms with Crippen LogP contribution in [0.5, 0.6) is 0 Å². The fourth-order valence-corrected chi connectivity index (χ4v) is 6.03. The van der Waals surface area contributed by atoms with Gasteiger partial charge in [0.25, 0.3) is 5.69 Å². The largest absolute Gasteiger partial charge is 0.363 e. The van der Waals surface area contributed by atoms with Crippen LogP contribution in [0, 0.1) is 22.0 Å². The molecule has 2 atom stereocenters. The smallest absolute Gasteiger partial charge is 0.293 e. The van der Waals surface area contributed by atoms with Gasteiger partial charge in [0.15, 0.2) is 0 Å².